The normalized spacial score (nSPS) is 12.6. The molecule has 0 aliphatic carbocycles. The predicted octanol–water partition coefficient (Wildman–Crippen LogP) is 2.05. The van der Waals surface area contributed by atoms with E-state index in [2.05, 4.69) is 51.0 Å². The molecular weight excluding hydrogens is 224 g/mol. The lowest BCUT2D eigenvalue weighted by atomic mass is 9.98. The molecule has 0 aliphatic rings. The Hall–Kier alpha value is -0.123. The van der Waals surface area contributed by atoms with Gasteiger partial charge >= 0.3 is 0 Å². The highest BCUT2D eigenvalue weighted by molar-refractivity contribution is 6.22. The lowest BCUT2D eigenvalue weighted by molar-refractivity contribution is -0.0216. The highest BCUT2D eigenvalue weighted by atomic mass is 28.1. The van der Waals surface area contributed by atoms with E-state index < -0.39 is 0 Å². The molecule has 0 bridgehead atoms. The minimum absolute atomic E-state index is 0.119. The van der Waals surface area contributed by atoms with Crippen molar-refractivity contribution in [3.05, 3.63) is 11.8 Å². The number of rotatable bonds is 9. The molecule has 0 atom stereocenters. The number of hydrogen-bond acceptors (Lipinski definition) is 2. The molecule has 0 aromatic heterocycles. The summed E-state index contributed by atoms with van der Waals surface area (Å²) in [7, 11) is 1.08. The topological polar surface area (TPSA) is 6.48 Å². The maximum atomic E-state index is 4.36. The zero-order valence-corrected chi connectivity index (χ0v) is 14.8. The van der Waals surface area contributed by atoms with Crippen molar-refractivity contribution >= 4 is 10.2 Å². The van der Waals surface area contributed by atoms with Crippen LogP contribution in [0.4, 0.5) is 0 Å². The summed E-state index contributed by atoms with van der Waals surface area (Å²) in [6.45, 7) is 20.1. The summed E-state index contributed by atoms with van der Waals surface area (Å²) in [6.07, 6.45) is 2.42. The Bertz CT molecular complexity index is 208. The molecule has 0 aromatic rings. The summed E-state index contributed by atoms with van der Waals surface area (Å²) in [5.41, 5.74) is 0.119. The van der Waals surface area contributed by atoms with E-state index in [9.17, 15) is 0 Å². The van der Waals surface area contributed by atoms with Gasteiger partial charge in [0, 0.05) is 10.2 Å². The maximum absolute atomic E-state index is 4.36. The average molecular weight is 257 g/mol. The Morgan fingerprint density at radius 1 is 0.941 bits per heavy atom. The van der Waals surface area contributed by atoms with E-state index in [1.54, 1.807) is 0 Å². The molecule has 102 valence electrons. The molecule has 0 rings (SSSR count). The SMILES string of the molecule is C=C([SiH3])C(CCC)(N(CC)CC)N(CC)CC. The van der Waals surface area contributed by atoms with Crippen LogP contribution in [0.5, 0.6) is 0 Å². The molecule has 0 unspecified atom stereocenters. The first-order chi connectivity index (χ1) is 8.04. The van der Waals surface area contributed by atoms with Crippen molar-refractivity contribution in [2.75, 3.05) is 26.2 Å². The van der Waals surface area contributed by atoms with E-state index in [1.165, 1.54) is 18.0 Å². The van der Waals surface area contributed by atoms with Gasteiger partial charge in [0.2, 0.25) is 0 Å². The molecule has 0 saturated carbocycles. The van der Waals surface area contributed by atoms with Gasteiger partial charge in [-0.15, -0.1) is 6.58 Å². The van der Waals surface area contributed by atoms with E-state index >= 15 is 0 Å². The van der Waals surface area contributed by atoms with E-state index in [-0.39, 0.29) is 5.66 Å². The minimum atomic E-state index is 0.119. The second-order valence-corrected chi connectivity index (χ2v) is 5.90. The van der Waals surface area contributed by atoms with E-state index in [0.29, 0.717) is 0 Å². The second-order valence-electron chi connectivity index (χ2n) is 4.69. The quantitative estimate of drug-likeness (QED) is 0.460. The average Bonchev–Trinajstić information content (AvgIpc) is 2.31. The Labute approximate surface area is 111 Å². The first-order valence-corrected chi connectivity index (χ1v) is 8.20. The summed E-state index contributed by atoms with van der Waals surface area (Å²) in [5, 5.41) is 1.42. The van der Waals surface area contributed by atoms with Gasteiger partial charge in [0.05, 0.1) is 5.66 Å². The summed E-state index contributed by atoms with van der Waals surface area (Å²) < 4.78 is 0. The monoisotopic (exact) mass is 256 g/mol. The van der Waals surface area contributed by atoms with Crippen LogP contribution in [0.25, 0.3) is 0 Å². The van der Waals surface area contributed by atoms with Crippen LogP contribution in [-0.2, 0) is 0 Å². The van der Waals surface area contributed by atoms with Gasteiger partial charge in [-0.05, 0) is 32.6 Å². The molecule has 0 heterocycles. The Morgan fingerprint density at radius 2 is 1.29 bits per heavy atom. The van der Waals surface area contributed by atoms with Crippen molar-refractivity contribution in [1.82, 2.24) is 9.80 Å². The molecule has 2 nitrogen and oxygen atoms in total. The molecule has 0 saturated heterocycles. The summed E-state index contributed by atoms with van der Waals surface area (Å²) >= 11 is 0. The van der Waals surface area contributed by atoms with Gasteiger partial charge in [-0.25, -0.2) is 0 Å². The zero-order valence-electron chi connectivity index (χ0n) is 12.8. The maximum Gasteiger partial charge on any atom is 0.0910 e. The summed E-state index contributed by atoms with van der Waals surface area (Å²) in [4.78, 5) is 5.19. The van der Waals surface area contributed by atoms with Crippen LogP contribution in [0.1, 0.15) is 47.5 Å². The first kappa shape index (κ1) is 16.9. The van der Waals surface area contributed by atoms with Crippen LogP contribution >= 0.6 is 0 Å². The van der Waals surface area contributed by atoms with Crippen LogP contribution in [0.2, 0.25) is 0 Å². The van der Waals surface area contributed by atoms with Gasteiger partial charge in [-0.2, -0.15) is 0 Å². The fraction of sp³-hybridized carbons (Fsp3) is 0.857. The van der Waals surface area contributed by atoms with Gasteiger partial charge in [0.1, 0.15) is 0 Å². The Kier molecular flexibility index (Phi) is 8.00. The molecular formula is C14H32N2Si. The molecule has 0 aliphatic heterocycles. The van der Waals surface area contributed by atoms with Crippen LogP contribution in [0, 0.1) is 0 Å². The third-order valence-electron chi connectivity index (χ3n) is 3.86. The number of hydrogen-bond donors (Lipinski definition) is 0. The van der Waals surface area contributed by atoms with Gasteiger partial charge in [0.15, 0.2) is 0 Å². The number of nitrogens with zero attached hydrogens (tertiary/aromatic N) is 2. The number of likely N-dealkylation sites (N-methyl/N-ethyl adjacent to an activating group) is 2. The van der Waals surface area contributed by atoms with Crippen LogP contribution in [0.3, 0.4) is 0 Å². The highest BCUT2D eigenvalue weighted by Gasteiger charge is 2.39. The van der Waals surface area contributed by atoms with E-state index in [4.69, 9.17) is 0 Å². The minimum Gasteiger partial charge on any atom is -0.283 e. The fourth-order valence-corrected chi connectivity index (χ4v) is 3.99. The molecule has 0 amide bonds. The molecule has 0 fully saturated rings. The molecule has 17 heavy (non-hydrogen) atoms. The summed E-state index contributed by atoms with van der Waals surface area (Å²) in [5.74, 6) is 0. The van der Waals surface area contributed by atoms with Crippen LogP contribution in [0.15, 0.2) is 11.8 Å². The van der Waals surface area contributed by atoms with Gasteiger partial charge in [-0.1, -0.05) is 46.2 Å². The van der Waals surface area contributed by atoms with Crippen molar-refractivity contribution in [1.29, 1.82) is 0 Å². The molecule has 0 radical (unpaired) electrons. The highest BCUT2D eigenvalue weighted by Crippen LogP contribution is 2.31. The van der Waals surface area contributed by atoms with Crippen LogP contribution in [-0.4, -0.2) is 51.9 Å². The van der Waals surface area contributed by atoms with Gasteiger partial charge in [-0.3, -0.25) is 9.80 Å². The third-order valence-corrected chi connectivity index (χ3v) is 4.66. The van der Waals surface area contributed by atoms with Crippen molar-refractivity contribution in [2.45, 2.75) is 53.1 Å². The van der Waals surface area contributed by atoms with Crippen molar-refractivity contribution in [2.24, 2.45) is 0 Å². The molecule has 0 spiro atoms. The third kappa shape index (κ3) is 3.43. The Balaban J connectivity index is 5.46. The fourth-order valence-electron chi connectivity index (χ4n) is 3.11. The van der Waals surface area contributed by atoms with E-state index in [0.717, 1.165) is 36.4 Å². The van der Waals surface area contributed by atoms with Crippen LogP contribution < -0.4 is 0 Å². The predicted molar refractivity (Wildman–Crippen MR) is 82.6 cm³/mol. The van der Waals surface area contributed by atoms with Crippen molar-refractivity contribution in [3.8, 4) is 0 Å². The molecule has 0 aromatic carbocycles. The van der Waals surface area contributed by atoms with Crippen molar-refractivity contribution in [3.63, 3.8) is 0 Å². The largest absolute Gasteiger partial charge is 0.283 e. The zero-order chi connectivity index (χ0) is 13.5. The standard InChI is InChI=1S/C14H32N2Si/c1-7-12-14(13(6)17,15(8-2)9-3)16(10-4)11-5/h6-12H2,1-5,17H3. The molecule has 0 N–H and O–H groups in total. The van der Waals surface area contributed by atoms with Gasteiger partial charge < -0.3 is 0 Å². The van der Waals surface area contributed by atoms with E-state index in [1.807, 2.05) is 0 Å². The lowest BCUT2D eigenvalue weighted by Gasteiger charge is -2.51. The van der Waals surface area contributed by atoms with Gasteiger partial charge in [0.25, 0.3) is 0 Å². The molecule has 3 heteroatoms. The lowest BCUT2D eigenvalue weighted by Crippen LogP contribution is -2.61. The van der Waals surface area contributed by atoms with Crippen molar-refractivity contribution < 1.29 is 0 Å². The Morgan fingerprint density at radius 3 is 1.47 bits per heavy atom. The second kappa shape index (κ2) is 8.06. The summed E-state index contributed by atoms with van der Waals surface area (Å²) in [6, 6.07) is 0. The smallest absolute Gasteiger partial charge is 0.0910 e. The first-order valence-electron chi connectivity index (χ1n) is 7.20.